The molecule has 1 aromatic rings. The van der Waals surface area contributed by atoms with E-state index in [1.54, 1.807) is 16.8 Å². The van der Waals surface area contributed by atoms with Crippen LogP contribution in [0, 0.1) is 6.92 Å². The van der Waals surface area contributed by atoms with Gasteiger partial charge in [0.15, 0.2) is 0 Å². The molecule has 13 heavy (non-hydrogen) atoms. The Balaban J connectivity index is 3.24. The molecule has 2 N–H and O–H groups in total. The van der Waals surface area contributed by atoms with Gasteiger partial charge in [-0.15, -0.1) is 0 Å². The molecule has 72 valence electrons. The molecule has 0 saturated carbocycles. The number of nitrogens with two attached hydrogens (primary N) is 1. The lowest BCUT2D eigenvalue weighted by Crippen LogP contribution is -2.27. The first-order valence-electron chi connectivity index (χ1n) is 4.14. The first kappa shape index (κ1) is 10.5. The molecule has 0 radical (unpaired) electrons. The Hall–Kier alpha value is -0.610. The second-order valence-corrected chi connectivity index (χ2v) is 3.99. The van der Waals surface area contributed by atoms with Gasteiger partial charge in [-0.2, -0.15) is 0 Å². The summed E-state index contributed by atoms with van der Waals surface area (Å²) in [4.78, 5) is 11.5. The van der Waals surface area contributed by atoms with E-state index in [4.69, 9.17) is 5.73 Å². The van der Waals surface area contributed by atoms with Crippen LogP contribution in [0.5, 0.6) is 0 Å². The second-order valence-electron chi connectivity index (χ2n) is 3.13. The Labute approximate surface area is 85.7 Å². The number of pyridine rings is 1. The van der Waals surface area contributed by atoms with Gasteiger partial charge in [0.05, 0.1) is 0 Å². The highest BCUT2D eigenvalue weighted by Crippen LogP contribution is 2.14. The standard InChI is InChI=1S/C9H13BrN2O/c1-6-3-9(13)12(5-8(6)10)7(2)4-11/h3,5,7H,4,11H2,1-2H3. The predicted octanol–water partition coefficient (Wildman–Crippen LogP) is 1.44. The van der Waals surface area contributed by atoms with Crippen LogP contribution in [0.2, 0.25) is 0 Å². The van der Waals surface area contributed by atoms with E-state index in [9.17, 15) is 4.79 Å². The van der Waals surface area contributed by atoms with Crippen molar-refractivity contribution in [3.63, 3.8) is 0 Å². The van der Waals surface area contributed by atoms with E-state index < -0.39 is 0 Å². The molecule has 0 aliphatic rings. The number of aryl methyl sites for hydroxylation is 1. The molecule has 1 aromatic heterocycles. The molecule has 1 heterocycles. The smallest absolute Gasteiger partial charge is 0.251 e. The van der Waals surface area contributed by atoms with Crippen LogP contribution in [0.25, 0.3) is 0 Å². The summed E-state index contributed by atoms with van der Waals surface area (Å²) in [6, 6.07) is 1.65. The number of halogens is 1. The van der Waals surface area contributed by atoms with Gasteiger partial charge in [-0.1, -0.05) is 0 Å². The van der Waals surface area contributed by atoms with Crippen molar-refractivity contribution in [3.05, 3.63) is 32.7 Å². The topological polar surface area (TPSA) is 48.0 Å². The molecule has 0 aliphatic carbocycles. The first-order chi connectivity index (χ1) is 6.06. The molecule has 0 fully saturated rings. The summed E-state index contributed by atoms with van der Waals surface area (Å²) in [7, 11) is 0. The highest BCUT2D eigenvalue weighted by molar-refractivity contribution is 9.10. The minimum atomic E-state index is -0.00125. The van der Waals surface area contributed by atoms with Crippen LogP contribution in [-0.2, 0) is 0 Å². The molecular weight excluding hydrogens is 232 g/mol. The van der Waals surface area contributed by atoms with E-state index in [2.05, 4.69) is 15.9 Å². The van der Waals surface area contributed by atoms with Gasteiger partial charge >= 0.3 is 0 Å². The monoisotopic (exact) mass is 244 g/mol. The van der Waals surface area contributed by atoms with Crippen molar-refractivity contribution in [2.75, 3.05) is 6.54 Å². The molecular formula is C9H13BrN2O. The van der Waals surface area contributed by atoms with Gasteiger partial charge in [-0.05, 0) is 35.3 Å². The van der Waals surface area contributed by atoms with Crippen LogP contribution >= 0.6 is 15.9 Å². The molecule has 1 rings (SSSR count). The predicted molar refractivity (Wildman–Crippen MR) is 56.9 cm³/mol. The third-order valence-electron chi connectivity index (χ3n) is 2.04. The zero-order valence-electron chi connectivity index (χ0n) is 7.75. The number of rotatable bonds is 2. The van der Waals surface area contributed by atoms with Gasteiger partial charge in [0, 0.05) is 29.3 Å². The number of nitrogens with zero attached hydrogens (tertiary/aromatic N) is 1. The van der Waals surface area contributed by atoms with E-state index in [0.29, 0.717) is 6.54 Å². The summed E-state index contributed by atoms with van der Waals surface area (Å²) in [5.74, 6) is 0. The molecule has 1 atom stereocenters. The first-order valence-corrected chi connectivity index (χ1v) is 4.94. The van der Waals surface area contributed by atoms with Gasteiger partial charge in [0.25, 0.3) is 5.56 Å². The van der Waals surface area contributed by atoms with E-state index in [1.165, 1.54) is 0 Å². The normalized spacial score (nSPS) is 12.9. The molecule has 0 bridgehead atoms. The van der Waals surface area contributed by atoms with Crippen LogP contribution in [0.15, 0.2) is 21.5 Å². The van der Waals surface area contributed by atoms with Crippen LogP contribution in [0.3, 0.4) is 0 Å². The lowest BCUT2D eigenvalue weighted by atomic mass is 10.2. The van der Waals surface area contributed by atoms with E-state index in [0.717, 1.165) is 10.0 Å². The minimum absolute atomic E-state index is 0.00125. The summed E-state index contributed by atoms with van der Waals surface area (Å²) >= 11 is 3.38. The average Bonchev–Trinajstić information content (AvgIpc) is 2.10. The Morgan fingerprint density at radius 2 is 2.31 bits per heavy atom. The highest BCUT2D eigenvalue weighted by Gasteiger charge is 2.06. The Kier molecular flexibility index (Phi) is 3.27. The molecule has 1 unspecified atom stereocenters. The van der Waals surface area contributed by atoms with Crippen molar-refractivity contribution in [1.82, 2.24) is 4.57 Å². The van der Waals surface area contributed by atoms with Crippen LogP contribution < -0.4 is 11.3 Å². The largest absolute Gasteiger partial charge is 0.328 e. The van der Waals surface area contributed by atoms with Gasteiger partial charge < -0.3 is 10.3 Å². The van der Waals surface area contributed by atoms with E-state index >= 15 is 0 Å². The molecule has 0 saturated heterocycles. The minimum Gasteiger partial charge on any atom is -0.328 e. The third-order valence-corrected chi connectivity index (χ3v) is 2.87. The summed E-state index contributed by atoms with van der Waals surface area (Å²) in [5.41, 5.74) is 6.43. The van der Waals surface area contributed by atoms with E-state index in [-0.39, 0.29) is 11.6 Å². The maximum absolute atomic E-state index is 11.5. The number of hydrogen-bond donors (Lipinski definition) is 1. The lowest BCUT2D eigenvalue weighted by Gasteiger charge is -2.13. The van der Waals surface area contributed by atoms with Crippen molar-refractivity contribution in [3.8, 4) is 0 Å². The zero-order chi connectivity index (χ0) is 10.0. The fraction of sp³-hybridized carbons (Fsp3) is 0.444. The summed E-state index contributed by atoms with van der Waals surface area (Å²) in [6.07, 6.45) is 1.79. The quantitative estimate of drug-likeness (QED) is 0.856. The fourth-order valence-electron chi connectivity index (χ4n) is 1.07. The zero-order valence-corrected chi connectivity index (χ0v) is 9.34. The van der Waals surface area contributed by atoms with Crippen LogP contribution in [-0.4, -0.2) is 11.1 Å². The Bertz CT molecular complexity index is 359. The average molecular weight is 245 g/mol. The van der Waals surface area contributed by atoms with Gasteiger partial charge in [0.2, 0.25) is 0 Å². The highest BCUT2D eigenvalue weighted by atomic mass is 79.9. The molecule has 0 aromatic carbocycles. The van der Waals surface area contributed by atoms with Crippen LogP contribution in [0.4, 0.5) is 0 Å². The molecule has 0 amide bonds. The Morgan fingerprint density at radius 3 is 2.85 bits per heavy atom. The molecule has 3 nitrogen and oxygen atoms in total. The number of aromatic nitrogens is 1. The summed E-state index contributed by atoms with van der Waals surface area (Å²) in [5, 5.41) is 0. The van der Waals surface area contributed by atoms with E-state index in [1.807, 2.05) is 13.8 Å². The molecule has 0 aliphatic heterocycles. The number of hydrogen-bond acceptors (Lipinski definition) is 2. The molecule has 4 heteroatoms. The van der Waals surface area contributed by atoms with Gasteiger partial charge in [0.1, 0.15) is 0 Å². The SMILES string of the molecule is Cc1cc(=O)n(C(C)CN)cc1Br. The van der Waals surface area contributed by atoms with Crippen molar-refractivity contribution in [2.24, 2.45) is 5.73 Å². The van der Waals surface area contributed by atoms with Gasteiger partial charge in [-0.25, -0.2) is 0 Å². The van der Waals surface area contributed by atoms with Crippen LogP contribution in [0.1, 0.15) is 18.5 Å². The third kappa shape index (κ3) is 2.19. The van der Waals surface area contributed by atoms with Crippen molar-refractivity contribution >= 4 is 15.9 Å². The maximum Gasteiger partial charge on any atom is 0.251 e. The second kappa shape index (κ2) is 4.07. The maximum atomic E-state index is 11.5. The van der Waals surface area contributed by atoms with Gasteiger partial charge in [-0.3, -0.25) is 4.79 Å². The van der Waals surface area contributed by atoms with Crippen molar-refractivity contribution in [2.45, 2.75) is 19.9 Å². The van der Waals surface area contributed by atoms with Crippen molar-refractivity contribution in [1.29, 1.82) is 0 Å². The van der Waals surface area contributed by atoms with Crippen molar-refractivity contribution < 1.29 is 0 Å². The lowest BCUT2D eigenvalue weighted by molar-refractivity contribution is 0.538. The Morgan fingerprint density at radius 1 is 1.69 bits per heavy atom. The fourth-order valence-corrected chi connectivity index (χ4v) is 1.41. The molecule has 0 spiro atoms. The summed E-state index contributed by atoms with van der Waals surface area (Å²) in [6.45, 7) is 4.28. The summed E-state index contributed by atoms with van der Waals surface area (Å²) < 4.78 is 2.57.